The largest absolute Gasteiger partial charge is 0.356 e. The first kappa shape index (κ1) is 16.5. The first-order valence-electron chi connectivity index (χ1n) is 8.02. The molecule has 0 amide bonds. The van der Waals surface area contributed by atoms with Gasteiger partial charge in [0.1, 0.15) is 5.82 Å². The summed E-state index contributed by atoms with van der Waals surface area (Å²) >= 11 is 1.48. The summed E-state index contributed by atoms with van der Waals surface area (Å²) in [7, 11) is 0. The second-order valence-corrected chi connectivity index (χ2v) is 6.65. The van der Waals surface area contributed by atoms with Crippen LogP contribution in [0.4, 0.5) is 4.39 Å². The van der Waals surface area contributed by atoms with Gasteiger partial charge in [0.25, 0.3) is 0 Å². The third-order valence-electron chi connectivity index (χ3n) is 3.98. The van der Waals surface area contributed by atoms with Gasteiger partial charge in [0.05, 0.1) is 5.69 Å². The Balaban J connectivity index is 1.47. The van der Waals surface area contributed by atoms with Crippen LogP contribution >= 0.6 is 11.8 Å². The van der Waals surface area contributed by atoms with Gasteiger partial charge in [-0.05, 0) is 31.2 Å². The van der Waals surface area contributed by atoms with Gasteiger partial charge in [-0.2, -0.15) is 0 Å². The number of rotatable bonds is 5. The molecule has 2 aromatic heterocycles. The fourth-order valence-electron chi connectivity index (χ4n) is 2.54. The van der Waals surface area contributed by atoms with Crippen molar-refractivity contribution >= 4 is 11.8 Å². The minimum atomic E-state index is -0.277. The van der Waals surface area contributed by atoms with E-state index in [1.165, 1.54) is 23.9 Å². The first-order chi connectivity index (χ1) is 12.7. The Morgan fingerprint density at radius 1 is 1.04 bits per heavy atom. The maximum absolute atomic E-state index is 13.1. The van der Waals surface area contributed by atoms with Crippen molar-refractivity contribution < 1.29 is 8.91 Å². The Labute approximate surface area is 153 Å². The van der Waals surface area contributed by atoms with E-state index < -0.39 is 0 Å². The van der Waals surface area contributed by atoms with Crippen LogP contribution in [0.3, 0.4) is 0 Å². The van der Waals surface area contributed by atoms with Crippen molar-refractivity contribution in [1.82, 2.24) is 20.3 Å². The number of hydrogen-bond donors (Lipinski definition) is 1. The van der Waals surface area contributed by atoms with Crippen molar-refractivity contribution in [2.24, 2.45) is 0 Å². The lowest BCUT2D eigenvalue weighted by Crippen LogP contribution is -1.86. The molecule has 7 heteroatoms. The average Bonchev–Trinajstić information content (AvgIpc) is 3.29. The van der Waals surface area contributed by atoms with Crippen LogP contribution in [-0.2, 0) is 5.75 Å². The predicted molar refractivity (Wildman–Crippen MR) is 98.0 cm³/mol. The Morgan fingerprint density at radius 3 is 2.58 bits per heavy atom. The molecule has 2 heterocycles. The minimum Gasteiger partial charge on any atom is -0.356 e. The van der Waals surface area contributed by atoms with Crippen molar-refractivity contribution in [3.05, 3.63) is 71.7 Å². The Hall–Kier alpha value is -2.93. The highest BCUT2D eigenvalue weighted by Gasteiger charge is 2.15. The van der Waals surface area contributed by atoms with E-state index in [1.54, 1.807) is 12.1 Å². The Kier molecular flexibility index (Phi) is 4.53. The summed E-state index contributed by atoms with van der Waals surface area (Å²) in [6.45, 7) is 1.94. The van der Waals surface area contributed by atoms with E-state index in [1.807, 2.05) is 37.3 Å². The minimum absolute atomic E-state index is 0.277. The molecule has 0 spiro atoms. The average molecular weight is 366 g/mol. The Bertz CT molecular complexity index is 1010. The van der Waals surface area contributed by atoms with Crippen LogP contribution < -0.4 is 0 Å². The van der Waals surface area contributed by atoms with E-state index in [4.69, 9.17) is 4.52 Å². The summed E-state index contributed by atoms with van der Waals surface area (Å²) in [6.07, 6.45) is 0. The number of nitrogens with one attached hydrogen (secondary N) is 1. The number of aromatic nitrogens is 4. The van der Waals surface area contributed by atoms with Crippen LogP contribution in [0.2, 0.25) is 0 Å². The van der Waals surface area contributed by atoms with Gasteiger partial charge < -0.3 is 4.52 Å². The van der Waals surface area contributed by atoms with Crippen LogP contribution in [0, 0.1) is 12.7 Å². The fraction of sp³-hybridized carbons (Fsp3) is 0.105. The molecule has 4 rings (SSSR count). The summed E-state index contributed by atoms with van der Waals surface area (Å²) in [6, 6.07) is 16.0. The summed E-state index contributed by atoms with van der Waals surface area (Å²) in [5.74, 6) is 1.70. The molecule has 0 unspecified atom stereocenters. The molecule has 0 saturated carbocycles. The summed E-state index contributed by atoms with van der Waals surface area (Å²) < 4.78 is 18.5. The third kappa shape index (κ3) is 3.39. The van der Waals surface area contributed by atoms with E-state index >= 15 is 0 Å². The van der Waals surface area contributed by atoms with Crippen molar-refractivity contribution in [3.8, 4) is 22.7 Å². The lowest BCUT2D eigenvalue weighted by atomic mass is 10.1. The van der Waals surface area contributed by atoms with Crippen molar-refractivity contribution in [3.63, 3.8) is 0 Å². The smallest absolute Gasteiger partial charge is 0.209 e. The highest BCUT2D eigenvalue weighted by molar-refractivity contribution is 7.98. The van der Waals surface area contributed by atoms with E-state index in [0.717, 1.165) is 28.2 Å². The molecule has 0 saturated heterocycles. The van der Waals surface area contributed by atoms with Gasteiger partial charge in [-0.15, -0.1) is 5.10 Å². The zero-order valence-corrected chi connectivity index (χ0v) is 14.8. The van der Waals surface area contributed by atoms with Gasteiger partial charge in [-0.1, -0.05) is 47.3 Å². The van der Waals surface area contributed by atoms with Crippen LogP contribution in [0.5, 0.6) is 0 Å². The molecule has 0 atom stereocenters. The lowest BCUT2D eigenvalue weighted by molar-refractivity contribution is 0.426. The van der Waals surface area contributed by atoms with E-state index in [0.29, 0.717) is 16.7 Å². The molecule has 0 aliphatic rings. The zero-order chi connectivity index (χ0) is 17.9. The monoisotopic (exact) mass is 366 g/mol. The van der Waals surface area contributed by atoms with Crippen molar-refractivity contribution in [2.45, 2.75) is 17.8 Å². The molecule has 0 aliphatic heterocycles. The maximum Gasteiger partial charge on any atom is 0.209 e. The number of halogens is 1. The highest BCUT2D eigenvalue weighted by Crippen LogP contribution is 2.29. The lowest BCUT2D eigenvalue weighted by Gasteiger charge is -1.98. The van der Waals surface area contributed by atoms with E-state index in [-0.39, 0.29) is 5.82 Å². The normalized spacial score (nSPS) is 11.0. The van der Waals surface area contributed by atoms with E-state index in [2.05, 4.69) is 20.3 Å². The standard InChI is InChI=1S/C19H15FN4OS/c1-12-16(24-25-17(12)13-7-9-15(20)10-8-13)11-26-19-21-18(22-23-19)14-5-3-2-4-6-14/h2-10H,11H2,1H3,(H,21,22,23). The quantitative estimate of drug-likeness (QED) is 0.511. The van der Waals surface area contributed by atoms with Gasteiger partial charge in [-0.3, -0.25) is 5.10 Å². The number of benzene rings is 2. The van der Waals surface area contributed by atoms with Gasteiger partial charge in [0.2, 0.25) is 5.16 Å². The first-order valence-corrected chi connectivity index (χ1v) is 9.01. The van der Waals surface area contributed by atoms with Crippen LogP contribution in [-0.4, -0.2) is 20.3 Å². The molecule has 2 aromatic carbocycles. The Morgan fingerprint density at radius 2 is 1.81 bits per heavy atom. The number of nitrogens with zero attached hydrogens (tertiary/aromatic N) is 3. The topological polar surface area (TPSA) is 67.6 Å². The molecule has 0 aliphatic carbocycles. The van der Waals surface area contributed by atoms with Crippen LogP contribution in [0.1, 0.15) is 11.3 Å². The second kappa shape index (κ2) is 7.13. The van der Waals surface area contributed by atoms with Crippen molar-refractivity contribution in [1.29, 1.82) is 0 Å². The summed E-state index contributed by atoms with van der Waals surface area (Å²) in [5.41, 5.74) is 3.54. The third-order valence-corrected chi connectivity index (χ3v) is 4.84. The molecular weight excluding hydrogens is 351 g/mol. The van der Waals surface area contributed by atoms with Gasteiger partial charge >= 0.3 is 0 Å². The molecule has 4 aromatic rings. The number of H-pyrrole nitrogens is 1. The van der Waals surface area contributed by atoms with Crippen LogP contribution in [0.15, 0.2) is 64.3 Å². The van der Waals surface area contributed by atoms with E-state index in [9.17, 15) is 4.39 Å². The number of hydrogen-bond acceptors (Lipinski definition) is 5. The summed E-state index contributed by atoms with van der Waals surface area (Å²) in [4.78, 5) is 4.50. The molecule has 130 valence electrons. The molecule has 5 nitrogen and oxygen atoms in total. The number of aromatic amines is 1. The molecule has 26 heavy (non-hydrogen) atoms. The molecule has 0 radical (unpaired) electrons. The zero-order valence-electron chi connectivity index (χ0n) is 13.9. The van der Waals surface area contributed by atoms with Gasteiger partial charge in [-0.25, -0.2) is 9.37 Å². The fourth-order valence-corrected chi connectivity index (χ4v) is 3.34. The number of thioether (sulfide) groups is 1. The molecular formula is C19H15FN4OS. The molecule has 1 N–H and O–H groups in total. The van der Waals surface area contributed by atoms with Gasteiger partial charge in [0.15, 0.2) is 11.6 Å². The molecule has 0 bridgehead atoms. The van der Waals surface area contributed by atoms with Crippen molar-refractivity contribution in [2.75, 3.05) is 0 Å². The highest BCUT2D eigenvalue weighted by atomic mass is 32.2. The predicted octanol–water partition coefficient (Wildman–Crippen LogP) is 4.87. The second-order valence-electron chi connectivity index (χ2n) is 5.71. The molecule has 0 fully saturated rings. The van der Waals surface area contributed by atoms with Crippen LogP contribution in [0.25, 0.3) is 22.7 Å². The SMILES string of the molecule is Cc1c(CSc2n[nH]c(-c3ccccc3)n2)noc1-c1ccc(F)cc1. The summed E-state index contributed by atoms with van der Waals surface area (Å²) in [5, 5.41) is 12.0. The van der Waals surface area contributed by atoms with Gasteiger partial charge in [0, 0.05) is 22.4 Å². The maximum atomic E-state index is 13.1.